The molecule has 0 saturated carbocycles. The molecule has 0 aliphatic heterocycles. The Kier molecular flexibility index (Phi) is 3.95. The van der Waals surface area contributed by atoms with Crippen LogP contribution < -0.4 is 5.32 Å². The summed E-state index contributed by atoms with van der Waals surface area (Å²) in [6, 6.07) is 8.63. The normalized spacial score (nSPS) is 14.0. The molecule has 22 heavy (non-hydrogen) atoms. The first kappa shape index (κ1) is 15.1. The zero-order valence-corrected chi connectivity index (χ0v) is 13.4. The number of hydrogen-bond donors (Lipinski definition) is 2. The third-order valence-corrected chi connectivity index (χ3v) is 4.36. The maximum Gasteiger partial charge on any atom is 0.287 e. The molecular weight excluding hydrogens is 322 g/mol. The molecule has 2 aromatic heterocycles. The molecule has 0 aliphatic carbocycles. The van der Waals surface area contributed by atoms with Crippen LogP contribution in [-0.2, 0) is 5.60 Å². The van der Waals surface area contributed by atoms with E-state index in [0.717, 1.165) is 10.9 Å². The molecule has 0 radical (unpaired) electrons. The molecule has 0 bridgehead atoms. The van der Waals surface area contributed by atoms with Gasteiger partial charge in [0.15, 0.2) is 5.76 Å². The smallest absolute Gasteiger partial charge is 0.287 e. The number of rotatable bonds is 4. The van der Waals surface area contributed by atoms with Crippen molar-refractivity contribution in [2.75, 3.05) is 6.54 Å². The van der Waals surface area contributed by atoms with Gasteiger partial charge in [-0.1, -0.05) is 11.6 Å². The van der Waals surface area contributed by atoms with E-state index in [1.165, 1.54) is 11.3 Å². The fourth-order valence-electron chi connectivity index (χ4n) is 2.14. The van der Waals surface area contributed by atoms with Crippen molar-refractivity contribution in [2.45, 2.75) is 12.5 Å². The van der Waals surface area contributed by atoms with Crippen LogP contribution >= 0.6 is 22.9 Å². The van der Waals surface area contributed by atoms with Crippen molar-refractivity contribution in [1.29, 1.82) is 0 Å². The van der Waals surface area contributed by atoms with Crippen LogP contribution in [0.4, 0.5) is 0 Å². The van der Waals surface area contributed by atoms with Gasteiger partial charge in [-0.3, -0.25) is 4.79 Å². The predicted molar refractivity (Wildman–Crippen MR) is 87.4 cm³/mol. The van der Waals surface area contributed by atoms with Gasteiger partial charge in [0.25, 0.3) is 5.91 Å². The zero-order chi connectivity index (χ0) is 15.7. The van der Waals surface area contributed by atoms with E-state index in [1.807, 2.05) is 16.8 Å². The van der Waals surface area contributed by atoms with Crippen molar-refractivity contribution < 1.29 is 14.3 Å². The van der Waals surface area contributed by atoms with Crippen molar-refractivity contribution in [3.63, 3.8) is 0 Å². The molecule has 0 fully saturated rings. The number of hydrogen-bond acceptors (Lipinski definition) is 4. The van der Waals surface area contributed by atoms with Crippen molar-refractivity contribution >= 4 is 39.8 Å². The summed E-state index contributed by atoms with van der Waals surface area (Å²) in [5, 5.41) is 18.2. The van der Waals surface area contributed by atoms with Gasteiger partial charge in [-0.05, 0) is 53.6 Å². The van der Waals surface area contributed by atoms with Crippen LogP contribution in [0.15, 0.2) is 45.5 Å². The fourth-order valence-corrected chi connectivity index (χ4v) is 3.10. The molecule has 3 aromatic rings. The van der Waals surface area contributed by atoms with Gasteiger partial charge in [0, 0.05) is 10.4 Å². The standard InChI is InChI=1S/C16H14ClNO3S/c1-16(20,11-4-5-22-8-11)9-18-15(19)14-7-10-6-12(17)2-3-13(10)21-14/h2-8,20H,9H2,1H3,(H,18,19). The Balaban J connectivity index is 1.73. The number of carbonyl (C=O) groups is 1. The number of carbonyl (C=O) groups excluding carboxylic acids is 1. The topological polar surface area (TPSA) is 62.5 Å². The first-order valence-electron chi connectivity index (χ1n) is 6.68. The first-order valence-corrected chi connectivity index (χ1v) is 8.00. The Morgan fingerprint density at radius 1 is 1.41 bits per heavy atom. The number of amides is 1. The Labute approximate surface area is 136 Å². The quantitative estimate of drug-likeness (QED) is 0.762. The Morgan fingerprint density at radius 3 is 2.95 bits per heavy atom. The summed E-state index contributed by atoms with van der Waals surface area (Å²) >= 11 is 7.41. The highest BCUT2D eigenvalue weighted by atomic mass is 35.5. The van der Waals surface area contributed by atoms with E-state index >= 15 is 0 Å². The van der Waals surface area contributed by atoms with E-state index in [1.54, 1.807) is 31.2 Å². The number of nitrogens with one attached hydrogen (secondary N) is 1. The van der Waals surface area contributed by atoms with Crippen LogP contribution in [0.25, 0.3) is 11.0 Å². The molecule has 1 unspecified atom stereocenters. The largest absolute Gasteiger partial charge is 0.451 e. The molecular formula is C16H14ClNO3S. The number of halogens is 1. The molecule has 114 valence electrons. The second-order valence-corrected chi connectivity index (χ2v) is 6.48. The molecule has 3 rings (SSSR count). The summed E-state index contributed by atoms with van der Waals surface area (Å²) in [5.41, 5.74) is 0.249. The lowest BCUT2D eigenvalue weighted by Gasteiger charge is -2.22. The lowest BCUT2D eigenvalue weighted by molar-refractivity contribution is 0.0523. The summed E-state index contributed by atoms with van der Waals surface area (Å²) in [5.74, 6) is -0.179. The van der Waals surface area contributed by atoms with Gasteiger partial charge < -0.3 is 14.8 Å². The molecule has 1 atom stereocenters. The third-order valence-electron chi connectivity index (χ3n) is 3.44. The van der Waals surface area contributed by atoms with Gasteiger partial charge in [-0.15, -0.1) is 0 Å². The van der Waals surface area contributed by atoms with Crippen LogP contribution in [0.1, 0.15) is 23.0 Å². The van der Waals surface area contributed by atoms with E-state index in [4.69, 9.17) is 16.0 Å². The van der Waals surface area contributed by atoms with Crippen molar-refractivity contribution in [3.8, 4) is 0 Å². The highest BCUT2D eigenvalue weighted by Crippen LogP contribution is 2.24. The minimum absolute atomic E-state index is 0.0976. The van der Waals surface area contributed by atoms with Gasteiger partial charge in [0.2, 0.25) is 0 Å². The van der Waals surface area contributed by atoms with E-state index in [9.17, 15) is 9.90 Å². The van der Waals surface area contributed by atoms with Crippen LogP contribution in [0.5, 0.6) is 0 Å². The SMILES string of the molecule is CC(O)(CNC(=O)c1cc2cc(Cl)ccc2o1)c1ccsc1. The van der Waals surface area contributed by atoms with E-state index in [2.05, 4.69) is 5.32 Å². The minimum Gasteiger partial charge on any atom is -0.451 e. The molecule has 0 saturated heterocycles. The van der Waals surface area contributed by atoms with Crippen LogP contribution in [-0.4, -0.2) is 17.6 Å². The summed E-state index contributed by atoms with van der Waals surface area (Å²) < 4.78 is 5.49. The predicted octanol–water partition coefficient (Wildman–Crippen LogP) is 3.79. The summed E-state index contributed by atoms with van der Waals surface area (Å²) in [6.07, 6.45) is 0. The molecule has 1 amide bonds. The average molecular weight is 336 g/mol. The summed E-state index contributed by atoms with van der Waals surface area (Å²) in [4.78, 5) is 12.2. The van der Waals surface area contributed by atoms with Gasteiger partial charge in [-0.25, -0.2) is 0 Å². The second-order valence-electron chi connectivity index (χ2n) is 5.26. The summed E-state index contributed by atoms with van der Waals surface area (Å²) in [6.45, 7) is 1.76. The Morgan fingerprint density at radius 2 is 2.23 bits per heavy atom. The molecule has 1 aromatic carbocycles. The molecule has 0 spiro atoms. The molecule has 0 aliphatic rings. The monoisotopic (exact) mass is 335 g/mol. The number of furan rings is 1. The van der Waals surface area contributed by atoms with E-state index in [-0.39, 0.29) is 18.2 Å². The van der Waals surface area contributed by atoms with Crippen LogP contribution in [0.2, 0.25) is 5.02 Å². The van der Waals surface area contributed by atoms with E-state index < -0.39 is 5.60 Å². The van der Waals surface area contributed by atoms with Crippen molar-refractivity contribution in [1.82, 2.24) is 5.32 Å². The van der Waals surface area contributed by atoms with Gasteiger partial charge in [0.05, 0.1) is 6.54 Å². The molecule has 6 heteroatoms. The first-order chi connectivity index (χ1) is 10.5. The van der Waals surface area contributed by atoms with Crippen molar-refractivity contribution in [3.05, 3.63) is 57.4 Å². The molecule has 2 N–H and O–H groups in total. The summed E-state index contributed by atoms with van der Waals surface area (Å²) in [7, 11) is 0. The second kappa shape index (κ2) is 5.76. The van der Waals surface area contributed by atoms with E-state index in [0.29, 0.717) is 10.6 Å². The lowest BCUT2D eigenvalue weighted by atomic mass is 9.99. The lowest BCUT2D eigenvalue weighted by Crippen LogP contribution is -2.38. The van der Waals surface area contributed by atoms with Gasteiger partial charge in [0.1, 0.15) is 11.2 Å². The van der Waals surface area contributed by atoms with Gasteiger partial charge >= 0.3 is 0 Å². The maximum atomic E-state index is 12.2. The fraction of sp³-hybridized carbons (Fsp3) is 0.188. The Bertz CT molecular complexity index is 808. The average Bonchev–Trinajstić information content (AvgIpc) is 3.13. The molecule has 4 nitrogen and oxygen atoms in total. The molecule has 2 heterocycles. The third kappa shape index (κ3) is 3.02. The highest BCUT2D eigenvalue weighted by molar-refractivity contribution is 7.08. The van der Waals surface area contributed by atoms with Crippen molar-refractivity contribution in [2.24, 2.45) is 0 Å². The Hall–Kier alpha value is -1.82. The maximum absolute atomic E-state index is 12.2. The van der Waals surface area contributed by atoms with Crippen LogP contribution in [0.3, 0.4) is 0 Å². The minimum atomic E-state index is -1.12. The number of thiophene rings is 1. The number of aliphatic hydroxyl groups is 1. The van der Waals surface area contributed by atoms with Crippen LogP contribution in [0, 0.1) is 0 Å². The number of fused-ring (bicyclic) bond motifs is 1. The van der Waals surface area contributed by atoms with Gasteiger partial charge in [-0.2, -0.15) is 11.3 Å². The zero-order valence-electron chi connectivity index (χ0n) is 11.8. The number of benzene rings is 1. The highest BCUT2D eigenvalue weighted by Gasteiger charge is 2.25.